The molecule has 0 spiro atoms. The van der Waals surface area contributed by atoms with Crippen LogP contribution < -0.4 is 16.8 Å². The van der Waals surface area contributed by atoms with Gasteiger partial charge < -0.3 is 21.5 Å². The number of rotatable bonds is 7. The van der Waals surface area contributed by atoms with Crippen molar-refractivity contribution in [3.05, 3.63) is 22.1 Å². The highest BCUT2D eigenvalue weighted by molar-refractivity contribution is 7.99. The Morgan fingerprint density at radius 1 is 1.28 bits per heavy atom. The number of hydrogen-bond donors (Lipinski definition) is 3. The van der Waals surface area contributed by atoms with Gasteiger partial charge in [0.25, 0.3) is 0 Å². The van der Waals surface area contributed by atoms with Gasteiger partial charge in [-0.1, -0.05) is 32.5 Å². The summed E-state index contributed by atoms with van der Waals surface area (Å²) >= 11 is 2.81. The molecular formula is C22H31N5O3S2. The number of esters is 1. The molecule has 10 heteroatoms. The maximum absolute atomic E-state index is 12.7. The summed E-state index contributed by atoms with van der Waals surface area (Å²) in [4.78, 5) is 34.7. The fraction of sp³-hybridized carbons (Fsp3) is 0.545. The summed E-state index contributed by atoms with van der Waals surface area (Å²) < 4.78 is 5.30. The minimum atomic E-state index is -0.368. The van der Waals surface area contributed by atoms with Crippen molar-refractivity contribution in [3.8, 4) is 0 Å². The van der Waals surface area contributed by atoms with Gasteiger partial charge in [0.15, 0.2) is 5.16 Å². The fourth-order valence-electron chi connectivity index (χ4n) is 3.78. The van der Waals surface area contributed by atoms with E-state index in [9.17, 15) is 9.59 Å². The number of carbonyl (C=O) groups is 2. The quantitative estimate of drug-likeness (QED) is 0.308. The molecule has 1 aliphatic rings. The Labute approximate surface area is 196 Å². The Morgan fingerprint density at radius 2 is 1.97 bits per heavy atom. The first-order chi connectivity index (χ1) is 15.1. The molecule has 0 aromatic carbocycles. The predicted octanol–water partition coefficient (Wildman–Crippen LogP) is 4.15. The maximum Gasteiger partial charge on any atom is 0.341 e. The molecule has 1 aliphatic carbocycles. The molecule has 0 saturated heterocycles. The maximum atomic E-state index is 12.7. The van der Waals surface area contributed by atoms with Crippen LogP contribution in [0.3, 0.4) is 0 Å². The molecule has 0 aliphatic heterocycles. The van der Waals surface area contributed by atoms with Crippen LogP contribution in [-0.4, -0.2) is 34.2 Å². The smallest absolute Gasteiger partial charge is 0.341 e. The molecule has 174 valence electrons. The van der Waals surface area contributed by atoms with E-state index in [4.69, 9.17) is 16.2 Å². The summed E-state index contributed by atoms with van der Waals surface area (Å²) in [6, 6.07) is 1.48. The van der Waals surface area contributed by atoms with E-state index in [-0.39, 0.29) is 23.7 Å². The van der Waals surface area contributed by atoms with Gasteiger partial charge in [-0.15, -0.1) is 11.3 Å². The summed E-state index contributed by atoms with van der Waals surface area (Å²) in [6.07, 6.45) is 2.99. The zero-order chi connectivity index (χ0) is 23.5. The molecule has 0 fully saturated rings. The van der Waals surface area contributed by atoms with E-state index >= 15 is 0 Å². The van der Waals surface area contributed by atoms with E-state index in [0.717, 1.165) is 24.8 Å². The lowest BCUT2D eigenvalue weighted by Gasteiger charge is -2.33. The normalized spacial score (nSPS) is 15.8. The second-order valence-electron chi connectivity index (χ2n) is 8.88. The predicted molar refractivity (Wildman–Crippen MR) is 130 cm³/mol. The van der Waals surface area contributed by atoms with Gasteiger partial charge in [0.05, 0.1) is 12.2 Å². The van der Waals surface area contributed by atoms with Crippen LogP contribution in [0.4, 0.5) is 16.6 Å². The van der Waals surface area contributed by atoms with Crippen LogP contribution >= 0.6 is 23.1 Å². The number of nitrogens with zero attached hydrogens (tertiary/aromatic N) is 2. The number of thiophene rings is 1. The van der Waals surface area contributed by atoms with Gasteiger partial charge >= 0.3 is 5.97 Å². The average Bonchev–Trinajstić information content (AvgIpc) is 3.03. The van der Waals surface area contributed by atoms with Crippen LogP contribution in [0.15, 0.2) is 11.2 Å². The van der Waals surface area contributed by atoms with Crippen molar-refractivity contribution in [1.82, 2.24) is 9.97 Å². The number of nitrogen functional groups attached to an aromatic ring is 2. The molecule has 5 N–H and O–H groups in total. The number of amides is 1. The first kappa shape index (κ1) is 24.3. The van der Waals surface area contributed by atoms with E-state index in [0.29, 0.717) is 45.6 Å². The topological polar surface area (TPSA) is 133 Å². The van der Waals surface area contributed by atoms with Crippen LogP contribution in [0.1, 0.15) is 61.3 Å². The lowest BCUT2D eigenvalue weighted by atomic mass is 9.72. The van der Waals surface area contributed by atoms with Gasteiger partial charge in [0.1, 0.15) is 16.6 Å². The minimum Gasteiger partial charge on any atom is -0.462 e. The van der Waals surface area contributed by atoms with E-state index < -0.39 is 0 Å². The van der Waals surface area contributed by atoms with Crippen LogP contribution in [0.5, 0.6) is 0 Å². The first-order valence-corrected chi connectivity index (χ1v) is 12.5. The van der Waals surface area contributed by atoms with Crippen molar-refractivity contribution in [2.75, 3.05) is 29.1 Å². The molecule has 2 aromatic heterocycles. The third-order valence-corrected chi connectivity index (χ3v) is 7.55. The zero-order valence-corrected chi connectivity index (χ0v) is 20.6. The van der Waals surface area contributed by atoms with Crippen molar-refractivity contribution in [2.24, 2.45) is 11.3 Å². The summed E-state index contributed by atoms with van der Waals surface area (Å²) in [5, 5.41) is 3.96. The number of nitrogens with two attached hydrogens (primary N) is 2. The molecule has 0 bridgehead atoms. The van der Waals surface area contributed by atoms with Crippen molar-refractivity contribution >= 4 is 51.6 Å². The number of nitrogens with one attached hydrogen (secondary N) is 1. The molecule has 1 amide bonds. The highest BCUT2D eigenvalue weighted by Gasteiger charge is 2.34. The van der Waals surface area contributed by atoms with Gasteiger partial charge in [-0.25, -0.2) is 14.8 Å². The summed E-state index contributed by atoms with van der Waals surface area (Å²) in [6.45, 7) is 8.83. The summed E-state index contributed by atoms with van der Waals surface area (Å²) in [5.74, 6) is 1.04. The van der Waals surface area contributed by atoms with Gasteiger partial charge in [-0.05, 0) is 43.1 Å². The number of thioether (sulfide) groups is 1. The Bertz CT molecular complexity index is 980. The number of hydrogen-bond acceptors (Lipinski definition) is 9. The van der Waals surface area contributed by atoms with Crippen LogP contribution in [0.25, 0.3) is 0 Å². The average molecular weight is 478 g/mol. The third kappa shape index (κ3) is 5.92. The fourth-order valence-corrected chi connectivity index (χ4v) is 5.92. The highest BCUT2D eigenvalue weighted by atomic mass is 32.2. The zero-order valence-electron chi connectivity index (χ0n) is 19.0. The number of aromatic nitrogens is 2. The Morgan fingerprint density at radius 3 is 2.59 bits per heavy atom. The highest BCUT2D eigenvalue weighted by Crippen LogP contribution is 2.44. The van der Waals surface area contributed by atoms with Crippen molar-refractivity contribution in [1.29, 1.82) is 0 Å². The number of carbonyl (C=O) groups excluding carboxylic acids is 2. The number of anilines is 3. The molecule has 32 heavy (non-hydrogen) atoms. The van der Waals surface area contributed by atoms with E-state index in [1.165, 1.54) is 34.0 Å². The minimum absolute atomic E-state index is 0.175. The van der Waals surface area contributed by atoms with Crippen LogP contribution in [0.2, 0.25) is 0 Å². The first-order valence-electron chi connectivity index (χ1n) is 10.7. The van der Waals surface area contributed by atoms with Crippen molar-refractivity contribution in [3.63, 3.8) is 0 Å². The second kappa shape index (κ2) is 10.1. The van der Waals surface area contributed by atoms with Crippen LogP contribution in [0, 0.1) is 11.3 Å². The molecular weight excluding hydrogens is 446 g/mol. The molecule has 0 saturated carbocycles. The Hall–Kier alpha value is -2.33. The second-order valence-corrected chi connectivity index (χ2v) is 11.0. The van der Waals surface area contributed by atoms with Gasteiger partial charge in [-0.3, -0.25) is 4.79 Å². The number of ether oxygens (including phenoxy) is 1. The molecule has 1 atom stereocenters. The van der Waals surface area contributed by atoms with Crippen molar-refractivity contribution < 1.29 is 14.3 Å². The lowest BCUT2D eigenvalue weighted by molar-refractivity contribution is -0.115. The Kier molecular flexibility index (Phi) is 7.66. The van der Waals surface area contributed by atoms with E-state index in [1.807, 2.05) is 0 Å². The molecule has 8 nitrogen and oxygen atoms in total. The monoisotopic (exact) mass is 477 g/mol. The Balaban J connectivity index is 1.71. The third-order valence-electron chi connectivity index (χ3n) is 5.53. The number of fused-ring (bicyclic) bond motifs is 1. The molecule has 1 unspecified atom stereocenters. The SMILES string of the molecule is CCOC(=O)c1c(NC(=O)CCSc2nc(N)cc(N)n2)sc2c1CCC(C(C)(C)C)C2. The standard InChI is InChI=1S/C22H31N5O3S2/c1-5-30-20(29)18-13-7-6-12(22(2,3)4)10-14(13)32-19(18)27-17(28)8-9-31-21-25-15(23)11-16(24)26-21/h11-12H,5-10H2,1-4H3,(H,27,28)(H4,23,24,25,26). The molecule has 2 heterocycles. The molecule has 0 radical (unpaired) electrons. The van der Waals surface area contributed by atoms with Gasteiger partial charge in [-0.2, -0.15) is 0 Å². The van der Waals surface area contributed by atoms with E-state index in [1.54, 1.807) is 6.92 Å². The van der Waals surface area contributed by atoms with Gasteiger partial charge in [0.2, 0.25) is 5.91 Å². The van der Waals surface area contributed by atoms with Crippen LogP contribution in [-0.2, 0) is 22.4 Å². The van der Waals surface area contributed by atoms with Crippen molar-refractivity contribution in [2.45, 2.75) is 58.5 Å². The summed E-state index contributed by atoms with van der Waals surface area (Å²) in [5.41, 5.74) is 13.1. The molecule has 3 rings (SSSR count). The largest absolute Gasteiger partial charge is 0.462 e. The lowest BCUT2D eigenvalue weighted by Crippen LogP contribution is -2.26. The molecule has 2 aromatic rings. The van der Waals surface area contributed by atoms with E-state index in [2.05, 4.69) is 36.1 Å². The summed E-state index contributed by atoms with van der Waals surface area (Å²) in [7, 11) is 0. The van der Waals surface area contributed by atoms with Gasteiger partial charge in [0, 0.05) is 23.1 Å².